The smallest absolute Gasteiger partial charge is 0.387 e. The molecule has 30 heavy (non-hydrogen) atoms. The fourth-order valence-corrected chi connectivity index (χ4v) is 3.20. The van der Waals surface area contributed by atoms with Crippen LogP contribution in [0.2, 0.25) is 0 Å². The van der Waals surface area contributed by atoms with Crippen LogP contribution in [-0.4, -0.2) is 27.5 Å². The van der Waals surface area contributed by atoms with E-state index in [1.165, 1.54) is 24.4 Å². The van der Waals surface area contributed by atoms with Gasteiger partial charge in [-0.05, 0) is 61.2 Å². The number of nitrogens with zero attached hydrogens (tertiary/aromatic N) is 2. The van der Waals surface area contributed by atoms with Crippen LogP contribution in [0.1, 0.15) is 22.4 Å². The fourth-order valence-electron chi connectivity index (χ4n) is 3.20. The van der Waals surface area contributed by atoms with Gasteiger partial charge in [0.25, 0.3) is 0 Å². The number of carbonyl (C=O) groups excluding carboxylic acids is 1. The highest BCUT2D eigenvalue weighted by Crippen LogP contribution is 2.22. The molecule has 158 valence electrons. The monoisotopic (exact) mass is 419 g/mol. The van der Waals surface area contributed by atoms with Gasteiger partial charge in [0.15, 0.2) is 0 Å². The lowest BCUT2D eigenvalue weighted by molar-refractivity contribution is -0.128. The van der Waals surface area contributed by atoms with Gasteiger partial charge in [-0.25, -0.2) is 14.6 Å². The summed E-state index contributed by atoms with van der Waals surface area (Å²) in [6, 6.07) is 10.8. The van der Waals surface area contributed by atoms with Gasteiger partial charge in [-0.1, -0.05) is 12.1 Å². The zero-order valence-electron chi connectivity index (χ0n) is 16.1. The van der Waals surface area contributed by atoms with Crippen LogP contribution >= 0.6 is 0 Å². The number of carbonyl (C=O) groups is 1. The van der Waals surface area contributed by atoms with E-state index in [-0.39, 0.29) is 18.0 Å². The van der Waals surface area contributed by atoms with Crippen molar-refractivity contribution in [1.82, 2.24) is 15.3 Å². The summed E-state index contributed by atoms with van der Waals surface area (Å²) in [6.07, 6.45) is 2.34. The Morgan fingerprint density at radius 2 is 1.90 bits per heavy atom. The van der Waals surface area contributed by atoms with Crippen LogP contribution < -0.4 is 10.2 Å². The Morgan fingerprint density at radius 1 is 1.17 bits per heavy atom. The minimum atomic E-state index is -2.92. The third kappa shape index (κ3) is 4.98. The number of hydrogen-bond donors (Lipinski definition) is 2. The molecular formula is C21H20F3N3O3. The molecule has 0 saturated carbocycles. The molecule has 1 amide bonds. The molecule has 0 aliphatic rings. The summed E-state index contributed by atoms with van der Waals surface area (Å²) in [5, 5.41) is 13.2. The number of benzene rings is 2. The van der Waals surface area contributed by atoms with Crippen LogP contribution in [0.5, 0.6) is 5.75 Å². The molecule has 0 atom stereocenters. The Kier molecular flexibility index (Phi) is 6.73. The molecule has 0 radical (unpaired) electrons. The van der Waals surface area contributed by atoms with Crippen molar-refractivity contribution in [3.05, 3.63) is 76.9 Å². The second-order valence-corrected chi connectivity index (χ2v) is 6.64. The fraction of sp³-hybridized carbons (Fsp3) is 0.238. The van der Waals surface area contributed by atoms with Crippen molar-refractivity contribution in [2.75, 3.05) is 0 Å². The summed E-state index contributed by atoms with van der Waals surface area (Å²) < 4.78 is 44.5. The van der Waals surface area contributed by atoms with E-state index in [0.29, 0.717) is 35.3 Å². The van der Waals surface area contributed by atoms with Gasteiger partial charge < -0.3 is 4.74 Å². The van der Waals surface area contributed by atoms with Crippen LogP contribution in [0.3, 0.4) is 0 Å². The molecule has 0 aliphatic heterocycles. The van der Waals surface area contributed by atoms with Crippen LogP contribution in [0.25, 0.3) is 5.69 Å². The molecule has 0 bridgehead atoms. The molecule has 0 unspecified atom stereocenters. The highest BCUT2D eigenvalue weighted by molar-refractivity contribution is 5.77. The standard InChI is InChI=1S/C21H20F3N3O3/c1-13-14(3-2-4-18(13)22)5-10-19-15(11-20(28)26-29)12-25-27(19)16-6-8-17(9-7-16)30-21(23)24/h2-4,6-9,12,21,29H,5,10-11H2,1H3,(H,26,28). The Labute approximate surface area is 170 Å². The lowest BCUT2D eigenvalue weighted by Gasteiger charge is -2.12. The van der Waals surface area contributed by atoms with Crippen molar-refractivity contribution in [3.63, 3.8) is 0 Å². The normalized spacial score (nSPS) is 11.0. The number of rotatable bonds is 8. The Morgan fingerprint density at radius 3 is 2.57 bits per heavy atom. The first-order valence-corrected chi connectivity index (χ1v) is 9.17. The second-order valence-electron chi connectivity index (χ2n) is 6.64. The van der Waals surface area contributed by atoms with Crippen LogP contribution in [0.4, 0.5) is 13.2 Å². The minimum absolute atomic E-state index is 0.0118. The topological polar surface area (TPSA) is 76.4 Å². The highest BCUT2D eigenvalue weighted by atomic mass is 19.3. The van der Waals surface area contributed by atoms with E-state index in [4.69, 9.17) is 5.21 Å². The maximum absolute atomic E-state index is 13.9. The molecule has 6 nitrogen and oxygen atoms in total. The molecule has 3 aromatic rings. The van der Waals surface area contributed by atoms with Gasteiger partial charge in [0.05, 0.1) is 18.3 Å². The van der Waals surface area contributed by atoms with E-state index in [2.05, 4.69) is 9.84 Å². The van der Waals surface area contributed by atoms with E-state index in [1.807, 2.05) is 6.07 Å². The average Bonchev–Trinajstić information content (AvgIpc) is 3.11. The third-order valence-corrected chi connectivity index (χ3v) is 4.75. The Balaban J connectivity index is 1.91. The average molecular weight is 419 g/mol. The first-order valence-electron chi connectivity index (χ1n) is 9.17. The molecule has 0 spiro atoms. The Hall–Kier alpha value is -3.33. The molecule has 2 aromatic carbocycles. The number of halogens is 3. The van der Waals surface area contributed by atoms with E-state index in [1.54, 1.807) is 35.3 Å². The maximum atomic E-state index is 13.9. The van der Waals surface area contributed by atoms with Gasteiger partial charge >= 0.3 is 6.61 Å². The van der Waals surface area contributed by atoms with Crippen LogP contribution in [-0.2, 0) is 24.1 Å². The molecule has 2 N–H and O–H groups in total. The molecule has 3 rings (SSSR count). The molecule has 9 heteroatoms. The van der Waals surface area contributed by atoms with Crippen molar-refractivity contribution >= 4 is 5.91 Å². The highest BCUT2D eigenvalue weighted by Gasteiger charge is 2.16. The summed E-state index contributed by atoms with van der Waals surface area (Å²) in [5.41, 5.74) is 4.81. The predicted octanol–water partition coefficient (Wildman–Crippen LogP) is 3.75. The number of nitrogens with one attached hydrogen (secondary N) is 1. The van der Waals surface area contributed by atoms with Crippen LogP contribution in [0, 0.1) is 12.7 Å². The largest absolute Gasteiger partial charge is 0.435 e. The molecule has 1 heterocycles. The number of ether oxygens (including phenoxy) is 1. The molecule has 0 fully saturated rings. The molecular weight excluding hydrogens is 399 g/mol. The summed E-state index contributed by atoms with van der Waals surface area (Å²) in [5.74, 6) is -0.883. The first-order chi connectivity index (χ1) is 14.4. The first kappa shape index (κ1) is 21.4. The van der Waals surface area contributed by atoms with Gasteiger partial charge in [0.1, 0.15) is 11.6 Å². The molecule has 0 aliphatic carbocycles. The summed E-state index contributed by atoms with van der Waals surface area (Å²) >= 11 is 0. The SMILES string of the molecule is Cc1c(F)cccc1CCc1c(CC(=O)NO)cnn1-c1ccc(OC(F)F)cc1. The van der Waals surface area contributed by atoms with Gasteiger partial charge in [0, 0.05) is 11.3 Å². The van der Waals surface area contributed by atoms with Crippen molar-refractivity contribution in [2.24, 2.45) is 0 Å². The Bertz CT molecular complexity index is 1020. The third-order valence-electron chi connectivity index (χ3n) is 4.75. The number of amides is 1. The lowest BCUT2D eigenvalue weighted by atomic mass is 10.0. The minimum Gasteiger partial charge on any atom is -0.435 e. The van der Waals surface area contributed by atoms with Gasteiger partial charge in [0.2, 0.25) is 5.91 Å². The van der Waals surface area contributed by atoms with Crippen molar-refractivity contribution in [2.45, 2.75) is 32.8 Å². The van der Waals surface area contributed by atoms with Gasteiger partial charge in [-0.2, -0.15) is 13.9 Å². The van der Waals surface area contributed by atoms with E-state index >= 15 is 0 Å². The number of hydroxylamine groups is 1. The zero-order chi connectivity index (χ0) is 21.7. The lowest BCUT2D eigenvalue weighted by Crippen LogP contribution is -2.21. The maximum Gasteiger partial charge on any atom is 0.387 e. The number of aromatic nitrogens is 2. The summed E-state index contributed by atoms with van der Waals surface area (Å²) in [7, 11) is 0. The van der Waals surface area contributed by atoms with Gasteiger partial charge in [-0.15, -0.1) is 0 Å². The quantitative estimate of drug-likeness (QED) is 0.431. The molecule has 1 aromatic heterocycles. The van der Waals surface area contributed by atoms with Crippen molar-refractivity contribution < 1.29 is 27.9 Å². The van der Waals surface area contributed by atoms with Crippen molar-refractivity contribution in [3.8, 4) is 11.4 Å². The second kappa shape index (κ2) is 9.45. The van der Waals surface area contributed by atoms with E-state index in [0.717, 1.165) is 5.56 Å². The zero-order valence-corrected chi connectivity index (χ0v) is 16.1. The van der Waals surface area contributed by atoms with Crippen molar-refractivity contribution in [1.29, 1.82) is 0 Å². The summed E-state index contributed by atoms with van der Waals surface area (Å²) in [4.78, 5) is 11.7. The molecule has 0 saturated heterocycles. The summed E-state index contributed by atoms with van der Waals surface area (Å²) in [6.45, 7) is -1.22. The van der Waals surface area contributed by atoms with E-state index < -0.39 is 12.5 Å². The number of alkyl halides is 2. The number of aryl methyl sites for hydroxylation is 1. The van der Waals surface area contributed by atoms with E-state index in [9.17, 15) is 18.0 Å². The predicted molar refractivity (Wildman–Crippen MR) is 102 cm³/mol. The van der Waals surface area contributed by atoms with Gasteiger partial charge in [-0.3, -0.25) is 10.0 Å². The van der Waals surface area contributed by atoms with Crippen LogP contribution in [0.15, 0.2) is 48.7 Å². The number of hydrogen-bond acceptors (Lipinski definition) is 4.